The number of hydrogen-bond donors (Lipinski definition) is 1. The highest BCUT2D eigenvalue weighted by molar-refractivity contribution is 5.02. The van der Waals surface area contributed by atoms with E-state index in [1.165, 1.54) is 38.5 Å². The van der Waals surface area contributed by atoms with Gasteiger partial charge in [0, 0.05) is 24.8 Å². The first-order chi connectivity index (χ1) is 7.36. The molecule has 86 valence electrons. The van der Waals surface area contributed by atoms with Gasteiger partial charge in [-0.05, 0) is 6.42 Å². The maximum Gasteiger partial charge on any atom is 0.0534 e. The Balaban J connectivity index is 2.04. The second-order valence-corrected chi connectivity index (χ2v) is 4.08. The molecule has 0 bridgehead atoms. The average molecular weight is 209 g/mol. The Kier molecular flexibility index (Phi) is 6.09. The molecule has 0 unspecified atom stereocenters. The molecule has 0 atom stereocenters. The number of aryl methyl sites for hydroxylation is 1. The summed E-state index contributed by atoms with van der Waals surface area (Å²) in [6.07, 6.45) is 11.9. The number of unbranched alkanes of at least 4 members (excludes halogenated alkanes) is 5. The number of aromatic nitrogens is 2. The largest absolute Gasteiger partial charge is 0.326 e. The molecule has 0 saturated heterocycles. The van der Waals surface area contributed by atoms with Gasteiger partial charge in [-0.25, -0.2) is 0 Å². The maximum atomic E-state index is 5.52. The van der Waals surface area contributed by atoms with Crippen LogP contribution >= 0.6 is 0 Å². The first-order valence-corrected chi connectivity index (χ1v) is 6.08. The van der Waals surface area contributed by atoms with Crippen LogP contribution in [-0.2, 0) is 13.1 Å². The van der Waals surface area contributed by atoms with Crippen LogP contribution in [0.3, 0.4) is 0 Å². The third-order valence-electron chi connectivity index (χ3n) is 2.66. The Bertz CT molecular complexity index is 255. The zero-order valence-corrected chi connectivity index (χ0v) is 9.78. The minimum absolute atomic E-state index is 0.594. The van der Waals surface area contributed by atoms with Gasteiger partial charge in [0.25, 0.3) is 0 Å². The van der Waals surface area contributed by atoms with E-state index < -0.39 is 0 Å². The monoisotopic (exact) mass is 209 g/mol. The first-order valence-electron chi connectivity index (χ1n) is 6.08. The van der Waals surface area contributed by atoms with Crippen LogP contribution in [0.2, 0.25) is 0 Å². The van der Waals surface area contributed by atoms with Gasteiger partial charge < -0.3 is 5.73 Å². The SMILES string of the molecule is CCCCCCCCn1cc(CN)cn1. The van der Waals surface area contributed by atoms with E-state index in [0.717, 1.165) is 12.1 Å². The minimum atomic E-state index is 0.594. The van der Waals surface area contributed by atoms with Gasteiger partial charge in [-0.1, -0.05) is 39.0 Å². The molecule has 0 aliphatic heterocycles. The zero-order chi connectivity index (χ0) is 10.9. The summed E-state index contributed by atoms with van der Waals surface area (Å²) in [5.74, 6) is 0. The summed E-state index contributed by atoms with van der Waals surface area (Å²) < 4.78 is 2.00. The van der Waals surface area contributed by atoms with E-state index in [1.807, 2.05) is 17.1 Å². The lowest BCUT2D eigenvalue weighted by atomic mass is 10.1. The molecule has 0 aliphatic carbocycles. The van der Waals surface area contributed by atoms with Gasteiger partial charge in [-0.2, -0.15) is 5.10 Å². The topological polar surface area (TPSA) is 43.8 Å². The van der Waals surface area contributed by atoms with Crippen molar-refractivity contribution < 1.29 is 0 Å². The predicted molar refractivity (Wildman–Crippen MR) is 63.5 cm³/mol. The van der Waals surface area contributed by atoms with Crippen LogP contribution in [0.5, 0.6) is 0 Å². The highest BCUT2D eigenvalue weighted by atomic mass is 15.3. The lowest BCUT2D eigenvalue weighted by molar-refractivity contribution is 0.527. The van der Waals surface area contributed by atoms with Crippen molar-refractivity contribution in [2.24, 2.45) is 5.73 Å². The Morgan fingerprint density at radius 1 is 1.20 bits per heavy atom. The molecule has 2 N–H and O–H groups in total. The molecule has 0 aliphatic rings. The number of nitrogens with two attached hydrogens (primary N) is 1. The predicted octanol–water partition coefficient (Wildman–Crippen LogP) is 2.70. The van der Waals surface area contributed by atoms with Crippen LogP contribution in [0.1, 0.15) is 51.0 Å². The van der Waals surface area contributed by atoms with E-state index in [0.29, 0.717) is 6.54 Å². The fraction of sp³-hybridized carbons (Fsp3) is 0.750. The molecule has 0 spiro atoms. The van der Waals surface area contributed by atoms with E-state index >= 15 is 0 Å². The van der Waals surface area contributed by atoms with Gasteiger partial charge in [0.05, 0.1) is 6.20 Å². The van der Waals surface area contributed by atoms with E-state index in [9.17, 15) is 0 Å². The minimum Gasteiger partial charge on any atom is -0.326 e. The molecule has 0 fully saturated rings. The fourth-order valence-electron chi connectivity index (χ4n) is 1.69. The highest BCUT2D eigenvalue weighted by Crippen LogP contribution is 2.06. The van der Waals surface area contributed by atoms with Crippen molar-refractivity contribution in [2.75, 3.05) is 0 Å². The zero-order valence-electron chi connectivity index (χ0n) is 9.78. The van der Waals surface area contributed by atoms with Crippen LogP contribution in [0.25, 0.3) is 0 Å². The van der Waals surface area contributed by atoms with Gasteiger partial charge >= 0.3 is 0 Å². The fourth-order valence-corrected chi connectivity index (χ4v) is 1.69. The van der Waals surface area contributed by atoms with Crippen LogP contribution in [-0.4, -0.2) is 9.78 Å². The molecular weight excluding hydrogens is 186 g/mol. The highest BCUT2D eigenvalue weighted by Gasteiger charge is 1.96. The Hall–Kier alpha value is -0.830. The second kappa shape index (κ2) is 7.46. The molecule has 0 radical (unpaired) electrons. The molecular formula is C12H23N3. The van der Waals surface area contributed by atoms with Gasteiger partial charge in [-0.3, -0.25) is 4.68 Å². The summed E-state index contributed by atoms with van der Waals surface area (Å²) in [5, 5.41) is 4.26. The molecule has 0 amide bonds. The lowest BCUT2D eigenvalue weighted by Crippen LogP contribution is -1.98. The normalized spacial score (nSPS) is 10.8. The number of rotatable bonds is 8. The van der Waals surface area contributed by atoms with E-state index in [4.69, 9.17) is 5.73 Å². The Morgan fingerprint density at radius 2 is 1.93 bits per heavy atom. The van der Waals surface area contributed by atoms with Gasteiger partial charge in [0.1, 0.15) is 0 Å². The average Bonchev–Trinajstić information content (AvgIpc) is 2.71. The van der Waals surface area contributed by atoms with Crippen molar-refractivity contribution >= 4 is 0 Å². The molecule has 1 aromatic rings. The smallest absolute Gasteiger partial charge is 0.0534 e. The third kappa shape index (κ3) is 4.98. The van der Waals surface area contributed by atoms with Crippen molar-refractivity contribution in [2.45, 2.75) is 58.5 Å². The van der Waals surface area contributed by atoms with Crippen molar-refractivity contribution in [3.63, 3.8) is 0 Å². The van der Waals surface area contributed by atoms with E-state index in [1.54, 1.807) is 0 Å². The van der Waals surface area contributed by atoms with E-state index in [-0.39, 0.29) is 0 Å². The molecule has 1 rings (SSSR count). The Morgan fingerprint density at radius 3 is 2.60 bits per heavy atom. The molecule has 15 heavy (non-hydrogen) atoms. The third-order valence-corrected chi connectivity index (χ3v) is 2.66. The van der Waals surface area contributed by atoms with Crippen LogP contribution in [0.15, 0.2) is 12.4 Å². The Labute approximate surface area is 92.7 Å². The molecule has 0 aromatic carbocycles. The van der Waals surface area contributed by atoms with Gasteiger partial charge in [-0.15, -0.1) is 0 Å². The van der Waals surface area contributed by atoms with Crippen LogP contribution in [0, 0.1) is 0 Å². The molecule has 1 heterocycles. The lowest BCUT2D eigenvalue weighted by Gasteiger charge is -2.01. The first kappa shape index (κ1) is 12.2. The van der Waals surface area contributed by atoms with Gasteiger partial charge in [0.15, 0.2) is 0 Å². The quantitative estimate of drug-likeness (QED) is 0.669. The number of hydrogen-bond acceptors (Lipinski definition) is 2. The summed E-state index contributed by atoms with van der Waals surface area (Å²) in [4.78, 5) is 0. The summed E-state index contributed by atoms with van der Waals surface area (Å²) >= 11 is 0. The summed E-state index contributed by atoms with van der Waals surface area (Å²) in [6.45, 7) is 3.88. The van der Waals surface area contributed by atoms with Gasteiger partial charge in [0.2, 0.25) is 0 Å². The molecule has 0 saturated carbocycles. The van der Waals surface area contributed by atoms with Crippen molar-refractivity contribution in [3.8, 4) is 0 Å². The standard InChI is InChI=1S/C12H23N3/c1-2-3-4-5-6-7-8-15-11-12(9-13)10-14-15/h10-11H,2-9,13H2,1H3. The molecule has 3 heteroatoms. The summed E-state index contributed by atoms with van der Waals surface area (Å²) in [6, 6.07) is 0. The summed E-state index contributed by atoms with van der Waals surface area (Å²) in [5.41, 5.74) is 6.65. The molecule has 3 nitrogen and oxygen atoms in total. The number of nitrogens with zero attached hydrogens (tertiary/aromatic N) is 2. The maximum absolute atomic E-state index is 5.52. The van der Waals surface area contributed by atoms with Crippen molar-refractivity contribution in [3.05, 3.63) is 18.0 Å². The molecule has 1 aromatic heterocycles. The van der Waals surface area contributed by atoms with Crippen LogP contribution in [0.4, 0.5) is 0 Å². The van der Waals surface area contributed by atoms with Crippen molar-refractivity contribution in [1.29, 1.82) is 0 Å². The van der Waals surface area contributed by atoms with Crippen LogP contribution < -0.4 is 5.73 Å². The second-order valence-electron chi connectivity index (χ2n) is 4.08. The van der Waals surface area contributed by atoms with E-state index in [2.05, 4.69) is 12.0 Å². The van der Waals surface area contributed by atoms with Crippen molar-refractivity contribution in [1.82, 2.24) is 9.78 Å². The summed E-state index contributed by atoms with van der Waals surface area (Å²) in [7, 11) is 0.